The van der Waals surface area contributed by atoms with Crippen molar-refractivity contribution in [1.82, 2.24) is 0 Å². The molecule has 0 saturated carbocycles. The van der Waals surface area contributed by atoms with Gasteiger partial charge in [0, 0.05) is 6.16 Å². The van der Waals surface area contributed by atoms with E-state index in [2.05, 4.69) is 26.0 Å². The van der Waals surface area contributed by atoms with E-state index in [4.69, 9.17) is 4.52 Å². The Morgan fingerprint density at radius 3 is 1.71 bits per heavy atom. The number of unbranched alkanes of at least 4 members (excludes halogenated alkanes) is 12. The summed E-state index contributed by atoms with van der Waals surface area (Å²) in [6.45, 7) is 5.02. The summed E-state index contributed by atoms with van der Waals surface area (Å²) >= 11 is 0. The van der Waals surface area contributed by atoms with E-state index in [9.17, 15) is 4.57 Å². The van der Waals surface area contributed by atoms with Crippen molar-refractivity contribution in [2.45, 2.75) is 110 Å². The van der Waals surface area contributed by atoms with E-state index in [1.165, 1.54) is 83.5 Å². The molecule has 0 amide bonds. The Labute approximate surface area is 152 Å². The van der Waals surface area contributed by atoms with Gasteiger partial charge in [-0.1, -0.05) is 83.8 Å². The first-order chi connectivity index (χ1) is 11.8. The molecule has 0 saturated heterocycles. The van der Waals surface area contributed by atoms with Crippen LogP contribution in [0, 0.1) is 0 Å². The largest absolute Gasteiger partial charge is 0.330 e. The minimum absolute atomic E-state index is 0.693. The van der Waals surface area contributed by atoms with Crippen LogP contribution in [0.1, 0.15) is 110 Å². The van der Waals surface area contributed by atoms with Crippen LogP contribution in [-0.2, 0) is 9.09 Å². The van der Waals surface area contributed by atoms with E-state index in [1.54, 1.807) is 0 Å². The van der Waals surface area contributed by atoms with E-state index in [0.29, 0.717) is 6.61 Å². The van der Waals surface area contributed by atoms with Gasteiger partial charge in [0.05, 0.1) is 6.61 Å². The first-order valence-electron chi connectivity index (χ1n) is 10.6. The second-order valence-electron chi connectivity index (χ2n) is 6.91. The molecule has 0 aromatic rings. The molecule has 24 heavy (non-hydrogen) atoms. The van der Waals surface area contributed by atoms with Crippen LogP contribution >= 0.6 is 8.03 Å². The normalized spacial score (nSPS) is 12.9. The molecular weight excluding hydrogens is 315 g/mol. The van der Waals surface area contributed by atoms with Crippen LogP contribution < -0.4 is 0 Å². The first kappa shape index (κ1) is 23.9. The second kappa shape index (κ2) is 21.0. The van der Waals surface area contributed by atoms with Gasteiger partial charge >= 0.3 is 0 Å². The van der Waals surface area contributed by atoms with Gasteiger partial charge < -0.3 is 4.52 Å². The van der Waals surface area contributed by atoms with Crippen LogP contribution in [0.4, 0.5) is 0 Å². The van der Waals surface area contributed by atoms with Crippen LogP contribution in [0.5, 0.6) is 0 Å². The molecule has 144 valence electrons. The van der Waals surface area contributed by atoms with Crippen LogP contribution in [0.15, 0.2) is 12.2 Å². The molecule has 1 atom stereocenters. The third-order valence-corrected chi connectivity index (χ3v) is 5.81. The molecule has 0 aliphatic carbocycles. The zero-order valence-electron chi connectivity index (χ0n) is 16.5. The van der Waals surface area contributed by atoms with Crippen molar-refractivity contribution in [2.75, 3.05) is 12.8 Å². The van der Waals surface area contributed by atoms with Crippen molar-refractivity contribution in [3.63, 3.8) is 0 Å². The highest BCUT2D eigenvalue weighted by atomic mass is 31.1. The molecule has 0 radical (unpaired) electrons. The lowest BCUT2D eigenvalue weighted by molar-refractivity contribution is 0.315. The van der Waals surface area contributed by atoms with Crippen molar-refractivity contribution in [3.05, 3.63) is 12.2 Å². The predicted molar refractivity (Wildman–Crippen MR) is 110 cm³/mol. The van der Waals surface area contributed by atoms with Crippen molar-refractivity contribution in [2.24, 2.45) is 0 Å². The number of hydrogen-bond acceptors (Lipinski definition) is 2. The molecule has 0 heterocycles. The molecule has 2 nitrogen and oxygen atoms in total. The van der Waals surface area contributed by atoms with Crippen molar-refractivity contribution in [3.8, 4) is 0 Å². The van der Waals surface area contributed by atoms with Gasteiger partial charge in [0.15, 0.2) is 8.03 Å². The molecule has 0 aromatic heterocycles. The molecule has 0 bridgehead atoms. The Balaban J connectivity index is 3.11. The average Bonchev–Trinajstić information content (AvgIpc) is 2.58. The predicted octanol–water partition coefficient (Wildman–Crippen LogP) is 7.93. The molecule has 0 aliphatic rings. The van der Waals surface area contributed by atoms with Crippen LogP contribution in [0.25, 0.3) is 0 Å². The average molecular weight is 359 g/mol. The van der Waals surface area contributed by atoms with Crippen LogP contribution in [0.3, 0.4) is 0 Å². The maximum Gasteiger partial charge on any atom is 0.191 e. The minimum Gasteiger partial charge on any atom is -0.330 e. The van der Waals surface area contributed by atoms with Crippen molar-refractivity contribution >= 4 is 8.03 Å². The highest BCUT2D eigenvalue weighted by molar-refractivity contribution is 7.39. The molecule has 0 aliphatic heterocycles. The lowest BCUT2D eigenvalue weighted by atomic mass is 10.1. The lowest BCUT2D eigenvalue weighted by Crippen LogP contribution is -1.89. The molecule has 0 rings (SSSR count). The lowest BCUT2D eigenvalue weighted by Gasteiger charge is -2.03. The Bertz CT molecular complexity index is 290. The highest BCUT2D eigenvalue weighted by Gasteiger charge is 1.97. The second-order valence-corrected chi connectivity index (χ2v) is 8.44. The molecule has 0 fully saturated rings. The summed E-state index contributed by atoms with van der Waals surface area (Å²) in [4.78, 5) is 0. The summed E-state index contributed by atoms with van der Waals surface area (Å²) in [5, 5.41) is 0. The van der Waals surface area contributed by atoms with Gasteiger partial charge in [-0.3, -0.25) is 4.57 Å². The standard InChI is InChI=1S/C21H43O2P/c1-3-5-6-7-8-9-10-11-12-13-14-15-16-17-18-19-20-23-24(22)21-4-2/h11-12,24H,3-10,13-21H2,1-2H3/b12-11-. The zero-order valence-corrected chi connectivity index (χ0v) is 17.5. The highest BCUT2D eigenvalue weighted by Crippen LogP contribution is 2.23. The summed E-state index contributed by atoms with van der Waals surface area (Å²) in [7, 11) is -1.72. The number of rotatable bonds is 19. The minimum atomic E-state index is -1.72. The van der Waals surface area contributed by atoms with Gasteiger partial charge in [0.25, 0.3) is 0 Å². The summed E-state index contributed by atoms with van der Waals surface area (Å²) < 4.78 is 16.7. The molecule has 0 spiro atoms. The fourth-order valence-electron chi connectivity index (χ4n) is 2.81. The first-order valence-corrected chi connectivity index (χ1v) is 12.1. The maximum absolute atomic E-state index is 11.4. The molecule has 3 heteroatoms. The fourth-order valence-corrected chi connectivity index (χ4v) is 3.74. The topological polar surface area (TPSA) is 26.3 Å². The van der Waals surface area contributed by atoms with Gasteiger partial charge in [0.1, 0.15) is 0 Å². The van der Waals surface area contributed by atoms with E-state index >= 15 is 0 Å². The smallest absolute Gasteiger partial charge is 0.191 e. The van der Waals surface area contributed by atoms with E-state index < -0.39 is 8.03 Å². The van der Waals surface area contributed by atoms with Crippen molar-refractivity contribution in [1.29, 1.82) is 0 Å². The molecular formula is C21H43O2P. The summed E-state index contributed by atoms with van der Waals surface area (Å²) in [6.07, 6.45) is 24.9. The SMILES string of the molecule is CCCCCCCC/C=C\CCCCCCCCO[PH](=O)CCC. The Kier molecular flexibility index (Phi) is 20.9. The number of allylic oxidation sites excluding steroid dienone is 2. The van der Waals surface area contributed by atoms with Crippen molar-refractivity contribution < 1.29 is 9.09 Å². The van der Waals surface area contributed by atoms with Crippen LogP contribution in [-0.4, -0.2) is 12.8 Å². The molecule has 0 aromatic carbocycles. The quantitative estimate of drug-likeness (QED) is 0.133. The van der Waals surface area contributed by atoms with E-state index in [1.807, 2.05) is 0 Å². The zero-order chi connectivity index (χ0) is 17.7. The molecule has 0 N–H and O–H groups in total. The third-order valence-electron chi connectivity index (χ3n) is 4.37. The maximum atomic E-state index is 11.4. The van der Waals surface area contributed by atoms with Gasteiger partial charge in [0.2, 0.25) is 0 Å². The van der Waals surface area contributed by atoms with E-state index in [-0.39, 0.29) is 0 Å². The number of hydrogen-bond donors (Lipinski definition) is 0. The molecule has 1 unspecified atom stereocenters. The van der Waals surface area contributed by atoms with Gasteiger partial charge in [-0.25, -0.2) is 0 Å². The monoisotopic (exact) mass is 358 g/mol. The summed E-state index contributed by atoms with van der Waals surface area (Å²) in [5.41, 5.74) is 0. The van der Waals surface area contributed by atoms with Gasteiger partial charge in [-0.2, -0.15) is 0 Å². The third kappa shape index (κ3) is 20.0. The van der Waals surface area contributed by atoms with Gasteiger partial charge in [-0.15, -0.1) is 0 Å². The Morgan fingerprint density at radius 1 is 0.667 bits per heavy atom. The van der Waals surface area contributed by atoms with Crippen LogP contribution in [0.2, 0.25) is 0 Å². The summed E-state index contributed by atoms with van der Waals surface area (Å²) in [5.74, 6) is 0. The van der Waals surface area contributed by atoms with Gasteiger partial charge in [-0.05, 0) is 38.5 Å². The summed E-state index contributed by atoms with van der Waals surface area (Å²) in [6, 6.07) is 0. The Hall–Kier alpha value is -0.0700. The fraction of sp³-hybridized carbons (Fsp3) is 0.905. The Morgan fingerprint density at radius 2 is 1.17 bits per heavy atom. The van der Waals surface area contributed by atoms with E-state index in [0.717, 1.165) is 19.0 Å².